The van der Waals surface area contributed by atoms with E-state index in [0.29, 0.717) is 6.54 Å². The smallest absolute Gasteiger partial charge is 0.0887 e. The molecule has 2 heterocycles. The normalized spacial score (nSPS) is 12.6. The maximum Gasteiger partial charge on any atom is 0.0887 e. The van der Waals surface area contributed by atoms with Crippen LogP contribution in [0.1, 0.15) is 18.1 Å². The number of hydrogen-bond donors (Lipinski definition) is 0. The number of nitrogens with zero attached hydrogens (tertiary/aromatic N) is 3. The highest BCUT2D eigenvalue weighted by Gasteiger charge is 2.24. The van der Waals surface area contributed by atoms with Crippen LogP contribution in [0.4, 0.5) is 0 Å². The van der Waals surface area contributed by atoms with E-state index in [0.717, 1.165) is 22.7 Å². The molecule has 228 valence electrons. The Bertz CT molecular complexity index is 2680. The van der Waals surface area contributed by atoms with Gasteiger partial charge in [-0.3, -0.25) is 4.99 Å². The maximum atomic E-state index is 5.33. The number of benzene rings is 7. The van der Waals surface area contributed by atoms with Crippen LogP contribution < -0.4 is 0 Å². The van der Waals surface area contributed by atoms with Gasteiger partial charge >= 0.3 is 0 Å². The maximum absolute atomic E-state index is 5.33. The van der Waals surface area contributed by atoms with Gasteiger partial charge in [0.05, 0.1) is 34.5 Å². The van der Waals surface area contributed by atoms with Crippen LogP contribution in [-0.4, -0.2) is 14.8 Å². The van der Waals surface area contributed by atoms with E-state index in [2.05, 4.69) is 186 Å². The number of fused-ring (bicyclic) bond motifs is 10. The highest BCUT2D eigenvalue weighted by atomic mass is 15.0. The highest BCUT2D eigenvalue weighted by molar-refractivity contribution is 6.37. The quantitative estimate of drug-likeness (QED) is 0.166. The molecule has 0 atom stereocenters. The van der Waals surface area contributed by atoms with Crippen molar-refractivity contribution >= 4 is 65.7 Å². The van der Waals surface area contributed by atoms with Crippen molar-refractivity contribution in [3.05, 3.63) is 181 Å². The van der Waals surface area contributed by atoms with Gasteiger partial charge in [-0.25, -0.2) is 0 Å². The molecular weight excluding hydrogens is 583 g/mol. The average molecular weight is 616 g/mol. The van der Waals surface area contributed by atoms with Gasteiger partial charge in [0, 0.05) is 39.0 Å². The first kappa shape index (κ1) is 28.1. The summed E-state index contributed by atoms with van der Waals surface area (Å²) in [7, 11) is 0. The summed E-state index contributed by atoms with van der Waals surface area (Å²) in [6.07, 6.45) is 4.45. The topological polar surface area (TPSA) is 22.2 Å². The Kier molecular flexibility index (Phi) is 6.76. The third kappa shape index (κ3) is 4.39. The molecule has 48 heavy (non-hydrogen) atoms. The van der Waals surface area contributed by atoms with Crippen LogP contribution in [0.15, 0.2) is 175 Å². The molecule has 0 unspecified atom stereocenters. The molecule has 9 rings (SSSR count). The Hall–Kier alpha value is -6.19. The largest absolute Gasteiger partial charge is 0.314 e. The number of hydrogen-bond acceptors (Lipinski definition) is 1. The first-order chi connectivity index (χ1) is 23.8. The molecule has 0 aliphatic rings. The number of para-hydroxylation sites is 1. The van der Waals surface area contributed by atoms with Gasteiger partial charge in [0.2, 0.25) is 0 Å². The molecule has 0 spiro atoms. The molecule has 0 fully saturated rings. The van der Waals surface area contributed by atoms with Crippen molar-refractivity contribution in [1.82, 2.24) is 9.13 Å². The van der Waals surface area contributed by atoms with E-state index in [4.69, 9.17) is 4.99 Å². The zero-order chi connectivity index (χ0) is 32.0. The fraction of sp³-hybridized carbons (Fsp3) is 0.0444. The van der Waals surface area contributed by atoms with Gasteiger partial charge in [-0.1, -0.05) is 140 Å². The Morgan fingerprint density at radius 1 is 0.562 bits per heavy atom. The van der Waals surface area contributed by atoms with E-state index < -0.39 is 0 Å². The fourth-order valence-electron chi connectivity index (χ4n) is 7.48. The van der Waals surface area contributed by atoms with E-state index in [-0.39, 0.29) is 0 Å². The standard InChI is InChI=1S/C45H33N3/c1-2-39(43(33-19-8-4-9-20-33)46-30-31-16-6-3-7-17-31)47-29-28-38-36-24-14-15-25-37(36)45-42(44(38)47)41-35-23-13-12-18-32(35)26-27-40(41)48(45)34-21-10-5-11-22-34/h2-29H,30H2,1H3/b39-2+,46-43?. The molecule has 3 heteroatoms. The molecule has 0 amide bonds. The number of rotatable bonds is 6. The molecule has 2 aromatic heterocycles. The van der Waals surface area contributed by atoms with Crippen LogP contribution in [-0.2, 0) is 6.54 Å². The lowest BCUT2D eigenvalue weighted by molar-refractivity contribution is 1.06. The second kappa shape index (κ2) is 11.6. The molecule has 0 bridgehead atoms. The van der Waals surface area contributed by atoms with Crippen LogP contribution in [0.2, 0.25) is 0 Å². The number of aliphatic imine (C=N–C) groups is 1. The van der Waals surface area contributed by atoms with Gasteiger partial charge in [0.25, 0.3) is 0 Å². The second-order valence-corrected chi connectivity index (χ2v) is 12.3. The van der Waals surface area contributed by atoms with Gasteiger partial charge in [0.15, 0.2) is 0 Å². The first-order valence-corrected chi connectivity index (χ1v) is 16.6. The average Bonchev–Trinajstić information content (AvgIpc) is 3.75. The van der Waals surface area contributed by atoms with E-state index in [1.165, 1.54) is 59.8 Å². The summed E-state index contributed by atoms with van der Waals surface area (Å²) < 4.78 is 4.85. The van der Waals surface area contributed by atoms with E-state index >= 15 is 0 Å². The Morgan fingerprint density at radius 3 is 1.94 bits per heavy atom. The lowest BCUT2D eigenvalue weighted by atomic mass is 9.98. The van der Waals surface area contributed by atoms with Gasteiger partial charge in [-0.05, 0) is 52.9 Å². The first-order valence-electron chi connectivity index (χ1n) is 16.6. The molecule has 0 radical (unpaired) electrons. The van der Waals surface area contributed by atoms with Crippen LogP contribution in [0.5, 0.6) is 0 Å². The van der Waals surface area contributed by atoms with Crippen molar-refractivity contribution in [2.45, 2.75) is 13.5 Å². The minimum Gasteiger partial charge on any atom is -0.314 e. The third-order valence-electron chi connectivity index (χ3n) is 9.55. The van der Waals surface area contributed by atoms with Gasteiger partial charge in [-0.2, -0.15) is 0 Å². The predicted octanol–water partition coefficient (Wildman–Crippen LogP) is 11.6. The molecule has 0 aliphatic heterocycles. The van der Waals surface area contributed by atoms with Crippen molar-refractivity contribution in [1.29, 1.82) is 0 Å². The summed E-state index contributed by atoms with van der Waals surface area (Å²) in [4.78, 5) is 5.33. The molecular formula is C45H33N3. The molecule has 9 aromatic rings. The summed E-state index contributed by atoms with van der Waals surface area (Å²) >= 11 is 0. The zero-order valence-electron chi connectivity index (χ0n) is 26.7. The lowest BCUT2D eigenvalue weighted by Crippen LogP contribution is -2.11. The van der Waals surface area contributed by atoms with E-state index in [1.807, 2.05) is 0 Å². The van der Waals surface area contributed by atoms with Gasteiger partial charge in [-0.15, -0.1) is 0 Å². The van der Waals surface area contributed by atoms with Gasteiger partial charge < -0.3 is 9.13 Å². The SMILES string of the molecule is C/C=C(\C(=NCc1ccccc1)c1ccccc1)n1ccc2c3ccccc3c3c(c4c5ccccc5ccc4n3-c3ccccc3)c21. The van der Waals surface area contributed by atoms with Crippen molar-refractivity contribution in [2.75, 3.05) is 0 Å². The third-order valence-corrected chi connectivity index (χ3v) is 9.55. The Balaban J connectivity index is 1.45. The highest BCUT2D eigenvalue weighted by Crippen LogP contribution is 2.45. The molecule has 0 aliphatic carbocycles. The van der Waals surface area contributed by atoms with E-state index in [9.17, 15) is 0 Å². The van der Waals surface area contributed by atoms with Crippen LogP contribution in [0.25, 0.3) is 65.6 Å². The van der Waals surface area contributed by atoms with E-state index in [1.54, 1.807) is 0 Å². The van der Waals surface area contributed by atoms with Crippen LogP contribution in [0.3, 0.4) is 0 Å². The van der Waals surface area contributed by atoms with Crippen molar-refractivity contribution in [3.63, 3.8) is 0 Å². The summed E-state index contributed by atoms with van der Waals surface area (Å²) in [5.41, 5.74) is 9.06. The van der Waals surface area contributed by atoms with Crippen molar-refractivity contribution in [2.24, 2.45) is 4.99 Å². The monoisotopic (exact) mass is 615 g/mol. The predicted molar refractivity (Wildman–Crippen MR) is 204 cm³/mol. The Morgan fingerprint density at radius 2 is 1.19 bits per heavy atom. The van der Waals surface area contributed by atoms with Crippen molar-refractivity contribution in [3.8, 4) is 5.69 Å². The molecule has 3 nitrogen and oxygen atoms in total. The lowest BCUT2D eigenvalue weighted by Gasteiger charge is -2.17. The number of allylic oxidation sites excluding steroid dienone is 2. The van der Waals surface area contributed by atoms with Crippen LogP contribution >= 0.6 is 0 Å². The second-order valence-electron chi connectivity index (χ2n) is 12.3. The summed E-state index contributed by atoms with van der Waals surface area (Å²) in [6, 6.07) is 56.4. The minimum atomic E-state index is 0.595. The van der Waals surface area contributed by atoms with Gasteiger partial charge in [0.1, 0.15) is 0 Å². The molecule has 7 aromatic carbocycles. The summed E-state index contributed by atoms with van der Waals surface area (Å²) in [5.74, 6) is 0. The summed E-state index contributed by atoms with van der Waals surface area (Å²) in [6.45, 7) is 2.72. The summed E-state index contributed by atoms with van der Waals surface area (Å²) in [5, 5.41) is 8.71. The molecule has 0 saturated carbocycles. The van der Waals surface area contributed by atoms with Crippen LogP contribution in [0, 0.1) is 0 Å². The Labute approximate surface area is 279 Å². The number of aromatic nitrogens is 2. The zero-order valence-corrected chi connectivity index (χ0v) is 26.7. The van der Waals surface area contributed by atoms with Crippen molar-refractivity contribution < 1.29 is 0 Å². The molecule has 0 N–H and O–H groups in total. The molecule has 0 saturated heterocycles. The fourth-order valence-corrected chi connectivity index (χ4v) is 7.48. The minimum absolute atomic E-state index is 0.595.